The zero-order valence-corrected chi connectivity index (χ0v) is 16.4. The summed E-state index contributed by atoms with van der Waals surface area (Å²) in [5, 5.41) is 6.57. The first kappa shape index (κ1) is 19.4. The summed E-state index contributed by atoms with van der Waals surface area (Å²) >= 11 is 5.90. The second-order valence-corrected chi connectivity index (χ2v) is 6.27. The van der Waals surface area contributed by atoms with Gasteiger partial charge in [0.15, 0.2) is 0 Å². The van der Waals surface area contributed by atoms with Gasteiger partial charge in [0.1, 0.15) is 28.8 Å². The van der Waals surface area contributed by atoms with E-state index >= 15 is 0 Å². The number of anilines is 3. The SMILES string of the molecule is COc1ccc(OC)c(NC(=O)c2cc(Nc3ccc(Cl)cc3)nc(C)n2)c1. The first-order chi connectivity index (χ1) is 13.5. The highest BCUT2D eigenvalue weighted by molar-refractivity contribution is 6.30. The second kappa shape index (κ2) is 8.58. The third-order valence-corrected chi connectivity index (χ3v) is 4.09. The molecule has 7 nitrogen and oxygen atoms in total. The fourth-order valence-electron chi connectivity index (χ4n) is 2.53. The lowest BCUT2D eigenvalue weighted by Gasteiger charge is -2.12. The topological polar surface area (TPSA) is 85.4 Å². The van der Waals surface area contributed by atoms with Gasteiger partial charge in [-0.3, -0.25) is 4.79 Å². The van der Waals surface area contributed by atoms with Crippen LogP contribution in [-0.2, 0) is 0 Å². The Labute approximate surface area is 167 Å². The molecule has 144 valence electrons. The number of aryl methyl sites for hydroxylation is 1. The van der Waals surface area contributed by atoms with Gasteiger partial charge in [-0.15, -0.1) is 0 Å². The smallest absolute Gasteiger partial charge is 0.274 e. The molecular formula is C20H19ClN4O3. The summed E-state index contributed by atoms with van der Waals surface area (Å²) in [5.41, 5.74) is 1.49. The van der Waals surface area contributed by atoms with Gasteiger partial charge in [0.2, 0.25) is 0 Å². The monoisotopic (exact) mass is 398 g/mol. The molecule has 2 aromatic carbocycles. The molecule has 3 aromatic rings. The molecule has 0 bridgehead atoms. The Balaban J connectivity index is 1.84. The number of hydrogen-bond donors (Lipinski definition) is 2. The van der Waals surface area contributed by atoms with E-state index in [0.29, 0.717) is 33.9 Å². The van der Waals surface area contributed by atoms with Crippen molar-refractivity contribution in [2.24, 2.45) is 0 Å². The summed E-state index contributed by atoms with van der Waals surface area (Å²) in [6.07, 6.45) is 0. The molecule has 0 saturated carbocycles. The molecule has 3 rings (SSSR count). The van der Waals surface area contributed by atoms with E-state index in [0.717, 1.165) is 5.69 Å². The van der Waals surface area contributed by atoms with Crippen LogP contribution in [0.2, 0.25) is 5.02 Å². The molecule has 0 spiro atoms. The van der Waals surface area contributed by atoms with Gasteiger partial charge in [-0.2, -0.15) is 0 Å². The van der Waals surface area contributed by atoms with Crippen molar-refractivity contribution in [1.29, 1.82) is 0 Å². The van der Waals surface area contributed by atoms with Gasteiger partial charge < -0.3 is 20.1 Å². The molecule has 0 aliphatic carbocycles. The molecule has 1 aromatic heterocycles. The van der Waals surface area contributed by atoms with Crippen molar-refractivity contribution in [1.82, 2.24) is 9.97 Å². The molecule has 0 saturated heterocycles. The molecule has 28 heavy (non-hydrogen) atoms. The van der Waals surface area contributed by atoms with E-state index in [1.807, 2.05) is 12.1 Å². The maximum atomic E-state index is 12.7. The third-order valence-electron chi connectivity index (χ3n) is 3.84. The van der Waals surface area contributed by atoms with Gasteiger partial charge in [0, 0.05) is 22.8 Å². The maximum absolute atomic E-state index is 12.7. The van der Waals surface area contributed by atoms with Gasteiger partial charge in [-0.1, -0.05) is 11.6 Å². The molecule has 1 amide bonds. The molecule has 0 aliphatic heterocycles. The number of amides is 1. The third kappa shape index (κ3) is 4.69. The summed E-state index contributed by atoms with van der Waals surface area (Å²) in [7, 11) is 3.08. The molecule has 0 atom stereocenters. The number of halogens is 1. The average molecular weight is 399 g/mol. The Morgan fingerprint density at radius 3 is 2.43 bits per heavy atom. The van der Waals surface area contributed by atoms with Crippen molar-refractivity contribution < 1.29 is 14.3 Å². The Hall–Kier alpha value is -3.32. The summed E-state index contributed by atoms with van der Waals surface area (Å²) in [6, 6.07) is 13.9. The minimum absolute atomic E-state index is 0.217. The number of nitrogens with zero attached hydrogens (tertiary/aromatic N) is 2. The van der Waals surface area contributed by atoms with Crippen LogP contribution in [0.4, 0.5) is 17.2 Å². The number of benzene rings is 2. The number of rotatable bonds is 6. The van der Waals surface area contributed by atoms with Crippen LogP contribution in [0.5, 0.6) is 11.5 Å². The largest absolute Gasteiger partial charge is 0.497 e. The molecule has 0 unspecified atom stereocenters. The summed E-state index contributed by atoms with van der Waals surface area (Å²) < 4.78 is 10.5. The van der Waals surface area contributed by atoms with Crippen molar-refractivity contribution in [3.8, 4) is 11.5 Å². The van der Waals surface area contributed by atoms with Crippen molar-refractivity contribution in [3.05, 3.63) is 65.1 Å². The number of carbonyl (C=O) groups excluding carboxylic acids is 1. The summed E-state index contributed by atoms with van der Waals surface area (Å²) in [4.78, 5) is 21.3. The van der Waals surface area contributed by atoms with E-state index in [1.54, 1.807) is 50.4 Å². The first-order valence-corrected chi connectivity index (χ1v) is 8.78. The predicted molar refractivity (Wildman–Crippen MR) is 109 cm³/mol. The van der Waals surface area contributed by atoms with E-state index in [-0.39, 0.29) is 5.69 Å². The Morgan fingerprint density at radius 1 is 1.00 bits per heavy atom. The average Bonchev–Trinajstić information content (AvgIpc) is 2.69. The van der Waals surface area contributed by atoms with E-state index in [1.165, 1.54) is 7.11 Å². The highest BCUT2D eigenvalue weighted by atomic mass is 35.5. The van der Waals surface area contributed by atoms with Crippen molar-refractivity contribution in [2.75, 3.05) is 24.9 Å². The van der Waals surface area contributed by atoms with Crippen LogP contribution in [0.15, 0.2) is 48.5 Å². The van der Waals surface area contributed by atoms with Gasteiger partial charge in [0.05, 0.1) is 19.9 Å². The van der Waals surface area contributed by atoms with Crippen LogP contribution in [0.1, 0.15) is 16.3 Å². The number of methoxy groups -OCH3 is 2. The zero-order valence-electron chi connectivity index (χ0n) is 15.6. The minimum Gasteiger partial charge on any atom is -0.497 e. The zero-order chi connectivity index (χ0) is 20.1. The van der Waals surface area contributed by atoms with Crippen molar-refractivity contribution in [3.63, 3.8) is 0 Å². The van der Waals surface area contributed by atoms with E-state index in [9.17, 15) is 4.79 Å². The fraction of sp³-hybridized carbons (Fsp3) is 0.150. The van der Waals surface area contributed by atoms with Gasteiger partial charge in [0.25, 0.3) is 5.91 Å². The van der Waals surface area contributed by atoms with Crippen LogP contribution in [0.25, 0.3) is 0 Å². The normalized spacial score (nSPS) is 10.3. The van der Waals surface area contributed by atoms with Crippen LogP contribution < -0.4 is 20.1 Å². The standard InChI is InChI=1S/C20H19ClN4O3/c1-12-22-17(11-19(23-12)24-14-6-4-13(21)5-7-14)20(26)25-16-10-15(27-2)8-9-18(16)28-3/h4-11H,1-3H3,(H,25,26)(H,22,23,24). The minimum atomic E-state index is -0.392. The van der Waals surface area contributed by atoms with Gasteiger partial charge >= 0.3 is 0 Å². The van der Waals surface area contributed by atoms with Gasteiger partial charge in [-0.05, 0) is 43.3 Å². The van der Waals surface area contributed by atoms with Crippen molar-refractivity contribution >= 4 is 34.7 Å². The lowest BCUT2D eigenvalue weighted by atomic mass is 10.2. The number of nitrogens with one attached hydrogen (secondary N) is 2. The van der Waals surface area contributed by atoms with Gasteiger partial charge in [-0.25, -0.2) is 9.97 Å². The number of aromatic nitrogens is 2. The molecule has 1 heterocycles. The lowest BCUT2D eigenvalue weighted by molar-refractivity contribution is 0.102. The fourth-order valence-corrected chi connectivity index (χ4v) is 2.65. The summed E-state index contributed by atoms with van der Waals surface area (Å²) in [6.45, 7) is 1.72. The number of ether oxygens (including phenoxy) is 2. The predicted octanol–water partition coefficient (Wildman–Crippen LogP) is 4.45. The highest BCUT2D eigenvalue weighted by Crippen LogP contribution is 2.29. The Kier molecular flexibility index (Phi) is 5.96. The Morgan fingerprint density at radius 2 is 1.75 bits per heavy atom. The molecular weight excluding hydrogens is 380 g/mol. The van der Waals surface area contributed by atoms with Crippen molar-refractivity contribution in [2.45, 2.75) is 6.92 Å². The quantitative estimate of drug-likeness (QED) is 0.638. The molecule has 2 N–H and O–H groups in total. The van der Waals surface area contributed by atoms with Crippen LogP contribution in [0.3, 0.4) is 0 Å². The van der Waals surface area contributed by atoms with Crippen LogP contribution in [-0.4, -0.2) is 30.1 Å². The first-order valence-electron chi connectivity index (χ1n) is 8.40. The number of carbonyl (C=O) groups is 1. The van der Waals surface area contributed by atoms with E-state index in [4.69, 9.17) is 21.1 Å². The maximum Gasteiger partial charge on any atom is 0.274 e. The molecule has 8 heteroatoms. The van der Waals surface area contributed by atoms with E-state index < -0.39 is 5.91 Å². The summed E-state index contributed by atoms with van der Waals surface area (Å²) in [5.74, 6) is 1.68. The van der Waals surface area contributed by atoms with E-state index in [2.05, 4.69) is 20.6 Å². The molecule has 0 radical (unpaired) electrons. The lowest BCUT2D eigenvalue weighted by Crippen LogP contribution is -2.16. The molecule has 0 fully saturated rings. The van der Waals surface area contributed by atoms with Crippen LogP contribution in [0, 0.1) is 6.92 Å². The second-order valence-electron chi connectivity index (χ2n) is 5.84. The Bertz CT molecular complexity index is 993. The molecule has 0 aliphatic rings. The number of hydrogen-bond acceptors (Lipinski definition) is 6. The van der Waals surface area contributed by atoms with Crippen LogP contribution >= 0.6 is 11.6 Å². The highest BCUT2D eigenvalue weighted by Gasteiger charge is 2.14.